The Kier molecular flexibility index (Phi) is 7.90. The van der Waals surface area contributed by atoms with E-state index in [-0.39, 0.29) is 24.5 Å². The van der Waals surface area contributed by atoms with Crippen molar-refractivity contribution in [2.45, 2.75) is 52.0 Å². The standard InChI is InChI=1S/C18H30N4O4/c1-4-6-10-22(18(24)26-5-2)21-11-7-15(8-12-21)17-19-9-13-20(17)14-16(23)25-3/h9,13,15H,4-8,10-12,14H2,1-3H3. The number of rotatable bonds is 8. The molecule has 1 amide bonds. The normalized spacial score (nSPS) is 15.7. The molecule has 2 rings (SSSR count). The molecule has 0 radical (unpaired) electrons. The molecule has 0 atom stereocenters. The monoisotopic (exact) mass is 366 g/mol. The highest BCUT2D eigenvalue weighted by atomic mass is 16.6. The van der Waals surface area contributed by atoms with Gasteiger partial charge in [-0.3, -0.25) is 4.79 Å². The van der Waals surface area contributed by atoms with E-state index in [0.717, 1.165) is 44.6 Å². The van der Waals surface area contributed by atoms with Crippen LogP contribution in [0.4, 0.5) is 4.79 Å². The van der Waals surface area contributed by atoms with Crippen molar-refractivity contribution in [3.05, 3.63) is 18.2 Å². The number of imidazole rings is 1. The Balaban J connectivity index is 1.98. The lowest BCUT2D eigenvalue weighted by molar-refractivity contribution is -0.141. The average molecular weight is 366 g/mol. The van der Waals surface area contributed by atoms with Crippen LogP contribution in [0.2, 0.25) is 0 Å². The largest absolute Gasteiger partial charge is 0.468 e. The summed E-state index contributed by atoms with van der Waals surface area (Å²) in [5, 5.41) is 3.82. The van der Waals surface area contributed by atoms with Crippen LogP contribution in [-0.4, -0.2) is 65.0 Å². The van der Waals surface area contributed by atoms with Crippen LogP contribution >= 0.6 is 0 Å². The van der Waals surface area contributed by atoms with E-state index in [2.05, 4.69) is 16.9 Å². The van der Waals surface area contributed by atoms with Crippen molar-refractivity contribution in [3.63, 3.8) is 0 Å². The Morgan fingerprint density at radius 1 is 1.31 bits per heavy atom. The van der Waals surface area contributed by atoms with Crippen LogP contribution in [0.15, 0.2) is 12.4 Å². The predicted octanol–water partition coefficient (Wildman–Crippen LogP) is 2.41. The number of aromatic nitrogens is 2. The molecule has 0 spiro atoms. The number of hydrazine groups is 1. The van der Waals surface area contributed by atoms with Gasteiger partial charge in [0.1, 0.15) is 12.4 Å². The molecule has 0 unspecified atom stereocenters. The van der Waals surface area contributed by atoms with Crippen molar-refractivity contribution in [2.24, 2.45) is 0 Å². The summed E-state index contributed by atoms with van der Waals surface area (Å²) in [5.41, 5.74) is 0. The van der Waals surface area contributed by atoms with Crippen molar-refractivity contribution in [1.29, 1.82) is 0 Å². The molecule has 1 fully saturated rings. The highest BCUT2D eigenvalue weighted by Gasteiger charge is 2.29. The van der Waals surface area contributed by atoms with E-state index >= 15 is 0 Å². The van der Waals surface area contributed by atoms with Gasteiger partial charge in [0, 0.05) is 37.9 Å². The van der Waals surface area contributed by atoms with E-state index in [1.807, 2.05) is 17.7 Å². The number of ether oxygens (including phenoxy) is 2. The zero-order valence-corrected chi connectivity index (χ0v) is 16.0. The van der Waals surface area contributed by atoms with E-state index in [1.54, 1.807) is 11.2 Å². The van der Waals surface area contributed by atoms with Crippen LogP contribution in [-0.2, 0) is 20.8 Å². The Morgan fingerprint density at radius 3 is 2.65 bits per heavy atom. The summed E-state index contributed by atoms with van der Waals surface area (Å²) in [4.78, 5) is 28.3. The molecule has 1 saturated heterocycles. The number of hydrogen-bond acceptors (Lipinski definition) is 6. The van der Waals surface area contributed by atoms with Crippen molar-refractivity contribution >= 4 is 12.1 Å². The predicted molar refractivity (Wildman–Crippen MR) is 96.4 cm³/mol. The molecule has 0 bridgehead atoms. The zero-order valence-electron chi connectivity index (χ0n) is 16.0. The molecule has 1 aliphatic heterocycles. The number of carbonyl (C=O) groups excluding carboxylic acids is 2. The summed E-state index contributed by atoms with van der Waals surface area (Å²) < 4.78 is 11.8. The first-order chi connectivity index (χ1) is 12.6. The van der Waals surface area contributed by atoms with Crippen molar-refractivity contribution in [3.8, 4) is 0 Å². The van der Waals surface area contributed by atoms with Crippen LogP contribution in [0.3, 0.4) is 0 Å². The van der Waals surface area contributed by atoms with Gasteiger partial charge >= 0.3 is 12.1 Å². The third kappa shape index (κ3) is 5.20. The highest BCUT2D eigenvalue weighted by molar-refractivity contribution is 5.69. The number of unbranched alkanes of at least 4 members (excludes halogenated alkanes) is 1. The van der Waals surface area contributed by atoms with Gasteiger partial charge in [-0.25, -0.2) is 19.8 Å². The Bertz CT molecular complexity index is 582. The van der Waals surface area contributed by atoms with Crippen LogP contribution in [0.25, 0.3) is 0 Å². The van der Waals surface area contributed by atoms with Crippen molar-refractivity contribution in [1.82, 2.24) is 19.6 Å². The van der Waals surface area contributed by atoms with E-state index in [9.17, 15) is 9.59 Å². The molecule has 0 saturated carbocycles. The molecule has 2 heterocycles. The Labute approximate surface area is 155 Å². The molecule has 0 aliphatic carbocycles. The molecule has 146 valence electrons. The number of methoxy groups -OCH3 is 1. The number of esters is 1. The molecular weight excluding hydrogens is 336 g/mol. The fraction of sp³-hybridized carbons (Fsp3) is 0.722. The fourth-order valence-electron chi connectivity index (χ4n) is 3.24. The molecule has 8 nitrogen and oxygen atoms in total. The van der Waals surface area contributed by atoms with Gasteiger partial charge in [-0.05, 0) is 26.2 Å². The summed E-state index contributed by atoms with van der Waals surface area (Å²) in [6.07, 6.45) is 6.98. The summed E-state index contributed by atoms with van der Waals surface area (Å²) in [6.45, 7) is 6.69. The van der Waals surface area contributed by atoms with Crippen LogP contribution in [0.1, 0.15) is 51.3 Å². The first-order valence-electron chi connectivity index (χ1n) is 9.37. The quantitative estimate of drug-likeness (QED) is 0.658. The molecule has 8 heteroatoms. The molecule has 26 heavy (non-hydrogen) atoms. The minimum absolute atomic E-state index is 0.178. The first-order valence-corrected chi connectivity index (χ1v) is 9.37. The number of nitrogens with zero attached hydrogens (tertiary/aromatic N) is 4. The van der Waals surface area contributed by atoms with Gasteiger partial charge < -0.3 is 14.0 Å². The number of amides is 1. The molecule has 1 aromatic heterocycles. The second kappa shape index (κ2) is 10.2. The van der Waals surface area contributed by atoms with Gasteiger partial charge in [0.25, 0.3) is 0 Å². The van der Waals surface area contributed by atoms with E-state index in [1.165, 1.54) is 7.11 Å². The molecule has 1 aromatic rings. The summed E-state index contributed by atoms with van der Waals surface area (Å²) in [5.74, 6) is 0.891. The second-order valence-corrected chi connectivity index (χ2v) is 6.39. The zero-order chi connectivity index (χ0) is 18.9. The summed E-state index contributed by atoms with van der Waals surface area (Å²) in [7, 11) is 1.39. The number of piperidine rings is 1. The van der Waals surface area contributed by atoms with Gasteiger partial charge in [-0.1, -0.05) is 13.3 Å². The van der Waals surface area contributed by atoms with E-state index in [4.69, 9.17) is 9.47 Å². The van der Waals surface area contributed by atoms with Crippen LogP contribution in [0.5, 0.6) is 0 Å². The Hall–Kier alpha value is -2.09. The van der Waals surface area contributed by atoms with Gasteiger partial charge in [0.15, 0.2) is 0 Å². The summed E-state index contributed by atoms with van der Waals surface area (Å²) >= 11 is 0. The topological polar surface area (TPSA) is 76.9 Å². The van der Waals surface area contributed by atoms with Crippen molar-refractivity contribution in [2.75, 3.05) is 33.4 Å². The van der Waals surface area contributed by atoms with Gasteiger partial charge in [-0.2, -0.15) is 0 Å². The first kappa shape index (κ1) is 20.2. The van der Waals surface area contributed by atoms with E-state index in [0.29, 0.717) is 13.2 Å². The van der Waals surface area contributed by atoms with E-state index < -0.39 is 0 Å². The minimum atomic E-state index is -0.283. The lowest BCUT2D eigenvalue weighted by Crippen LogP contribution is -2.50. The maximum absolute atomic E-state index is 12.3. The second-order valence-electron chi connectivity index (χ2n) is 6.39. The molecule has 0 N–H and O–H groups in total. The Morgan fingerprint density at radius 2 is 2.04 bits per heavy atom. The third-order valence-electron chi connectivity index (χ3n) is 4.65. The molecular formula is C18H30N4O4. The number of carbonyl (C=O) groups is 2. The SMILES string of the molecule is CCCCN(C(=O)OCC)N1CCC(c2nccn2CC(=O)OC)CC1. The maximum atomic E-state index is 12.3. The maximum Gasteiger partial charge on any atom is 0.424 e. The lowest BCUT2D eigenvalue weighted by Gasteiger charge is -2.38. The highest BCUT2D eigenvalue weighted by Crippen LogP contribution is 2.28. The smallest absolute Gasteiger partial charge is 0.424 e. The minimum Gasteiger partial charge on any atom is -0.468 e. The van der Waals surface area contributed by atoms with Crippen LogP contribution in [0, 0.1) is 0 Å². The average Bonchev–Trinajstić information content (AvgIpc) is 3.10. The third-order valence-corrected chi connectivity index (χ3v) is 4.65. The molecule has 0 aromatic carbocycles. The van der Waals surface area contributed by atoms with Gasteiger partial charge in [0.05, 0.1) is 13.7 Å². The number of hydrogen-bond donors (Lipinski definition) is 0. The van der Waals surface area contributed by atoms with Crippen molar-refractivity contribution < 1.29 is 19.1 Å². The lowest BCUT2D eigenvalue weighted by atomic mass is 9.96. The fourth-order valence-corrected chi connectivity index (χ4v) is 3.24. The molecule has 1 aliphatic rings. The van der Waals surface area contributed by atoms with Crippen LogP contribution < -0.4 is 0 Å². The van der Waals surface area contributed by atoms with Gasteiger partial charge in [0.2, 0.25) is 0 Å². The van der Waals surface area contributed by atoms with Gasteiger partial charge in [-0.15, -0.1) is 0 Å². The summed E-state index contributed by atoms with van der Waals surface area (Å²) in [6, 6.07) is 0.